The van der Waals surface area contributed by atoms with Crippen LogP contribution in [-0.4, -0.2) is 24.3 Å². The number of anilines is 2. The maximum Gasteiger partial charge on any atom is 0.0850 e. The summed E-state index contributed by atoms with van der Waals surface area (Å²) < 4.78 is 0. The molecule has 4 aromatic rings. The van der Waals surface area contributed by atoms with Gasteiger partial charge in [0.2, 0.25) is 0 Å². The van der Waals surface area contributed by atoms with Gasteiger partial charge in [-0.25, -0.2) is 0 Å². The molecule has 8 atom stereocenters. The molecule has 0 saturated carbocycles. The fraction of sp³-hybridized carbons (Fsp3) is 0.234. The molecule has 0 aromatic heterocycles. The van der Waals surface area contributed by atoms with Crippen molar-refractivity contribution in [2.75, 3.05) is 9.80 Å². The molecule has 1 N–H and O–H groups in total. The molecule has 0 spiro atoms. The van der Waals surface area contributed by atoms with Crippen LogP contribution < -0.4 is 15.1 Å². The standard InChI is InChI=1S/C47H43N3/c1-4-14-32(15-5-1)36-30-42(33-16-6-2-7-17-33)48-47(31-36)50-44-23-13-11-21-39(44)41-29-35(25-27-46(41)50)34-24-26-45-40(28-34)38-20-10-12-22-43(38)49(45)37-18-8-3-9-19-37/h1-23,25,27-30,38-40,42-45,47-48H,24,26,31H2. The topological polar surface area (TPSA) is 18.5 Å². The molecule has 3 nitrogen and oxygen atoms in total. The summed E-state index contributed by atoms with van der Waals surface area (Å²) in [5.74, 6) is 1.35. The van der Waals surface area contributed by atoms with Crippen molar-refractivity contribution in [2.24, 2.45) is 11.8 Å². The highest BCUT2D eigenvalue weighted by Gasteiger charge is 2.48. The van der Waals surface area contributed by atoms with Gasteiger partial charge in [-0.05, 0) is 70.5 Å². The summed E-state index contributed by atoms with van der Waals surface area (Å²) in [4.78, 5) is 5.41. The lowest BCUT2D eigenvalue weighted by Gasteiger charge is -2.41. The molecule has 8 unspecified atom stereocenters. The number of hydrogen-bond donors (Lipinski definition) is 1. The Hall–Kier alpha value is -5.12. The SMILES string of the molecule is C1=CC2c3cc(C4=CC5C6C=CC=CC6N(c6ccccc6)C5CC4)ccc3N(C3CC(c4ccccc4)=CC(c4ccccc4)N3)C2C=C1. The van der Waals surface area contributed by atoms with E-state index in [9.17, 15) is 0 Å². The summed E-state index contributed by atoms with van der Waals surface area (Å²) in [6, 6.07) is 41.8. The zero-order valence-electron chi connectivity index (χ0n) is 28.3. The van der Waals surface area contributed by atoms with Crippen LogP contribution in [0.25, 0.3) is 11.1 Å². The minimum atomic E-state index is 0.143. The number of para-hydroxylation sites is 1. The van der Waals surface area contributed by atoms with Gasteiger partial charge in [-0.2, -0.15) is 0 Å². The summed E-state index contributed by atoms with van der Waals surface area (Å²) >= 11 is 0. The first-order valence-corrected chi connectivity index (χ1v) is 18.5. The zero-order valence-corrected chi connectivity index (χ0v) is 28.3. The Morgan fingerprint density at radius 3 is 2.12 bits per heavy atom. The average Bonchev–Trinajstić information content (AvgIpc) is 3.71. The molecule has 0 amide bonds. The average molecular weight is 650 g/mol. The molecule has 246 valence electrons. The fourth-order valence-electron chi connectivity index (χ4n) is 9.92. The summed E-state index contributed by atoms with van der Waals surface area (Å²) in [6.07, 6.45) is 27.3. The monoisotopic (exact) mass is 649 g/mol. The van der Waals surface area contributed by atoms with E-state index in [2.05, 4.69) is 185 Å². The van der Waals surface area contributed by atoms with Gasteiger partial charge in [0.25, 0.3) is 0 Å². The van der Waals surface area contributed by atoms with Gasteiger partial charge in [-0.3, -0.25) is 5.32 Å². The van der Waals surface area contributed by atoms with Crippen molar-refractivity contribution in [1.82, 2.24) is 5.32 Å². The number of benzene rings is 4. The Morgan fingerprint density at radius 1 is 0.580 bits per heavy atom. The second kappa shape index (κ2) is 12.3. The van der Waals surface area contributed by atoms with E-state index in [1.807, 2.05) is 0 Å². The van der Waals surface area contributed by atoms with Crippen molar-refractivity contribution < 1.29 is 0 Å². The van der Waals surface area contributed by atoms with Crippen LogP contribution >= 0.6 is 0 Å². The van der Waals surface area contributed by atoms with E-state index in [0.717, 1.165) is 12.8 Å². The number of allylic oxidation sites excluding steroid dienone is 5. The van der Waals surface area contributed by atoms with Crippen LogP contribution in [0.4, 0.5) is 11.4 Å². The number of nitrogens with zero attached hydrogens (tertiary/aromatic N) is 2. The quantitative estimate of drug-likeness (QED) is 0.232. The van der Waals surface area contributed by atoms with Gasteiger partial charge in [-0.15, -0.1) is 0 Å². The van der Waals surface area contributed by atoms with Gasteiger partial charge in [0.05, 0.1) is 24.3 Å². The molecule has 3 heteroatoms. The van der Waals surface area contributed by atoms with Crippen molar-refractivity contribution in [2.45, 2.75) is 55.5 Å². The van der Waals surface area contributed by atoms with Crippen molar-refractivity contribution >= 4 is 22.5 Å². The van der Waals surface area contributed by atoms with E-state index >= 15 is 0 Å². The van der Waals surface area contributed by atoms with Crippen LogP contribution in [0.1, 0.15) is 53.5 Å². The van der Waals surface area contributed by atoms with Gasteiger partial charge in [-0.1, -0.05) is 146 Å². The molecule has 6 aliphatic rings. The molecule has 10 rings (SSSR count). The second-order valence-corrected chi connectivity index (χ2v) is 14.8. The first-order valence-electron chi connectivity index (χ1n) is 18.5. The van der Waals surface area contributed by atoms with Gasteiger partial charge in [0.15, 0.2) is 0 Å². The first kappa shape index (κ1) is 29.8. The number of hydrogen-bond acceptors (Lipinski definition) is 3. The molecule has 50 heavy (non-hydrogen) atoms. The van der Waals surface area contributed by atoms with Crippen LogP contribution in [0, 0.1) is 11.8 Å². The third kappa shape index (κ3) is 4.98. The molecule has 1 fully saturated rings. The number of nitrogens with one attached hydrogen (secondary N) is 1. The minimum Gasteiger partial charge on any atom is -0.361 e. The lowest BCUT2D eigenvalue weighted by molar-refractivity contribution is 0.428. The highest BCUT2D eigenvalue weighted by atomic mass is 15.3. The molecule has 3 aliphatic heterocycles. The molecular formula is C47H43N3. The molecule has 3 aliphatic carbocycles. The van der Waals surface area contributed by atoms with Crippen LogP contribution in [0.5, 0.6) is 0 Å². The van der Waals surface area contributed by atoms with Crippen molar-refractivity contribution in [3.05, 3.63) is 192 Å². The van der Waals surface area contributed by atoms with Crippen molar-refractivity contribution in [3.8, 4) is 0 Å². The van der Waals surface area contributed by atoms with Crippen molar-refractivity contribution in [3.63, 3.8) is 0 Å². The molecular weight excluding hydrogens is 607 g/mol. The van der Waals surface area contributed by atoms with Gasteiger partial charge in [0.1, 0.15) is 0 Å². The minimum absolute atomic E-state index is 0.143. The van der Waals surface area contributed by atoms with E-state index in [-0.39, 0.29) is 18.2 Å². The number of fused-ring (bicyclic) bond motifs is 6. The predicted molar refractivity (Wildman–Crippen MR) is 208 cm³/mol. The Labute approximate surface area is 296 Å². The summed E-state index contributed by atoms with van der Waals surface area (Å²) in [5, 5.41) is 4.10. The summed E-state index contributed by atoms with van der Waals surface area (Å²) in [7, 11) is 0. The Balaban J connectivity index is 1.00. The van der Waals surface area contributed by atoms with E-state index in [1.54, 1.807) is 0 Å². The Kier molecular flexibility index (Phi) is 7.34. The molecule has 1 saturated heterocycles. The molecule has 0 radical (unpaired) electrons. The summed E-state index contributed by atoms with van der Waals surface area (Å²) in [6.45, 7) is 0. The van der Waals surface area contributed by atoms with E-state index in [0.29, 0.717) is 29.8 Å². The zero-order chi connectivity index (χ0) is 33.0. The lowest BCUT2D eigenvalue weighted by Crippen LogP contribution is -2.52. The largest absolute Gasteiger partial charge is 0.361 e. The lowest BCUT2D eigenvalue weighted by atomic mass is 9.77. The van der Waals surface area contributed by atoms with E-state index in [4.69, 9.17) is 0 Å². The maximum atomic E-state index is 4.10. The van der Waals surface area contributed by atoms with Crippen LogP contribution in [0.3, 0.4) is 0 Å². The highest BCUT2D eigenvalue weighted by molar-refractivity contribution is 5.76. The maximum absolute atomic E-state index is 4.10. The first-order chi connectivity index (χ1) is 24.8. The van der Waals surface area contributed by atoms with Gasteiger partial charge >= 0.3 is 0 Å². The third-order valence-corrected chi connectivity index (χ3v) is 12.1. The van der Waals surface area contributed by atoms with Crippen LogP contribution in [0.2, 0.25) is 0 Å². The van der Waals surface area contributed by atoms with Gasteiger partial charge in [0, 0.05) is 41.6 Å². The Bertz CT molecular complexity index is 2070. The highest BCUT2D eigenvalue weighted by Crippen LogP contribution is 2.51. The predicted octanol–water partition coefficient (Wildman–Crippen LogP) is 10.0. The normalized spacial score (nSPS) is 30.3. The van der Waals surface area contributed by atoms with Crippen LogP contribution in [0.15, 0.2) is 170 Å². The molecule has 3 heterocycles. The van der Waals surface area contributed by atoms with Gasteiger partial charge < -0.3 is 9.80 Å². The number of rotatable bonds is 5. The smallest absolute Gasteiger partial charge is 0.0850 e. The second-order valence-electron chi connectivity index (χ2n) is 14.8. The molecule has 4 aromatic carbocycles. The van der Waals surface area contributed by atoms with E-state index in [1.165, 1.54) is 51.2 Å². The summed E-state index contributed by atoms with van der Waals surface area (Å²) in [5.41, 5.74) is 11.1. The molecule has 0 bridgehead atoms. The van der Waals surface area contributed by atoms with Crippen LogP contribution in [-0.2, 0) is 0 Å². The third-order valence-electron chi connectivity index (χ3n) is 12.1. The van der Waals surface area contributed by atoms with E-state index < -0.39 is 0 Å². The van der Waals surface area contributed by atoms with Crippen molar-refractivity contribution in [1.29, 1.82) is 0 Å². The Morgan fingerprint density at radius 2 is 1.30 bits per heavy atom. The fourth-order valence-corrected chi connectivity index (χ4v) is 9.92.